The zero-order valence-corrected chi connectivity index (χ0v) is 13.2. The summed E-state index contributed by atoms with van der Waals surface area (Å²) in [5, 5.41) is 13.0. The highest BCUT2D eigenvalue weighted by molar-refractivity contribution is 6.04. The zero-order valence-electron chi connectivity index (χ0n) is 13.2. The molecule has 0 spiro atoms. The van der Waals surface area contributed by atoms with Crippen LogP contribution in [0.25, 0.3) is 11.0 Å². The Morgan fingerprint density at radius 2 is 2.08 bits per heavy atom. The first-order chi connectivity index (χ1) is 11.5. The van der Waals surface area contributed by atoms with E-state index in [9.17, 15) is 14.3 Å². The number of benzene rings is 2. The van der Waals surface area contributed by atoms with Crippen molar-refractivity contribution in [2.24, 2.45) is 0 Å². The number of hydrogen-bond acceptors (Lipinski definition) is 3. The normalized spacial score (nSPS) is 13.6. The molecule has 24 heavy (non-hydrogen) atoms. The molecule has 3 N–H and O–H groups in total. The maximum absolute atomic E-state index is 13.6. The van der Waals surface area contributed by atoms with E-state index in [2.05, 4.69) is 15.3 Å². The number of carbonyl (C=O) groups is 1. The molecule has 0 aliphatic carbocycles. The number of aromatic nitrogens is 2. The predicted molar refractivity (Wildman–Crippen MR) is 89.0 cm³/mol. The smallest absolute Gasteiger partial charge is 0.253 e. The topological polar surface area (TPSA) is 78.0 Å². The quantitative estimate of drug-likeness (QED) is 0.674. The number of hydrogen-bond donors (Lipinski definition) is 3. The second-order valence-corrected chi connectivity index (χ2v) is 5.79. The summed E-state index contributed by atoms with van der Waals surface area (Å²) in [5.74, 6) is -0.923. The Hall–Kier alpha value is -2.73. The van der Waals surface area contributed by atoms with Crippen LogP contribution in [0.5, 0.6) is 0 Å². The number of amides is 1. The van der Waals surface area contributed by atoms with Gasteiger partial charge in [0, 0.05) is 6.04 Å². The van der Waals surface area contributed by atoms with E-state index in [1.54, 1.807) is 6.92 Å². The molecule has 3 rings (SSSR count). The third-order valence-corrected chi connectivity index (χ3v) is 3.87. The van der Waals surface area contributed by atoms with Crippen LogP contribution in [0.4, 0.5) is 4.39 Å². The fraction of sp³-hybridized carbons (Fsp3) is 0.222. The Labute approximate surface area is 138 Å². The minimum Gasteiger partial charge on any atom is -0.388 e. The monoisotopic (exact) mass is 327 g/mol. The average Bonchev–Trinajstić information content (AvgIpc) is 3.02. The predicted octanol–water partition coefficient (Wildman–Crippen LogP) is 2.94. The molecule has 2 aromatic carbocycles. The van der Waals surface area contributed by atoms with Crippen LogP contribution in [0.2, 0.25) is 0 Å². The number of H-pyrrole nitrogens is 1. The fourth-order valence-electron chi connectivity index (χ4n) is 2.69. The van der Waals surface area contributed by atoms with Crippen molar-refractivity contribution in [3.8, 4) is 0 Å². The molecule has 0 radical (unpaired) electrons. The largest absolute Gasteiger partial charge is 0.388 e. The number of imidazole rings is 1. The van der Waals surface area contributed by atoms with Gasteiger partial charge in [-0.2, -0.15) is 0 Å². The summed E-state index contributed by atoms with van der Waals surface area (Å²) in [7, 11) is 0. The maximum Gasteiger partial charge on any atom is 0.253 e. The van der Waals surface area contributed by atoms with Gasteiger partial charge in [0.25, 0.3) is 5.91 Å². The van der Waals surface area contributed by atoms with Crippen molar-refractivity contribution in [2.45, 2.75) is 25.5 Å². The van der Waals surface area contributed by atoms with Crippen molar-refractivity contribution in [1.82, 2.24) is 15.3 Å². The highest BCUT2D eigenvalue weighted by Gasteiger charge is 2.18. The standard InChI is InChI=1S/C18H18FN3O2/c1-11(7-16(23)12-5-3-2-4-6-12)22-18(24)14-8-13(19)9-15-17(14)21-10-20-15/h2-6,8-11,16,23H,7H2,1H3,(H,20,21)(H,22,24)/t11-,16-/m0/s1. The van der Waals surface area contributed by atoms with Gasteiger partial charge in [-0.05, 0) is 31.0 Å². The molecule has 0 aliphatic heterocycles. The van der Waals surface area contributed by atoms with E-state index >= 15 is 0 Å². The van der Waals surface area contributed by atoms with Gasteiger partial charge < -0.3 is 15.4 Å². The van der Waals surface area contributed by atoms with Crippen molar-refractivity contribution in [3.05, 3.63) is 65.7 Å². The molecule has 1 aromatic heterocycles. The first-order valence-electron chi connectivity index (χ1n) is 7.71. The summed E-state index contributed by atoms with van der Waals surface area (Å²) in [4.78, 5) is 19.3. The molecule has 2 atom stereocenters. The van der Waals surface area contributed by atoms with E-state index in [1.165, 1.54) is 18.5 Å². The van der Waals surface area contributed by atoms with E-state index < -0.39 is 17.8 Å². The lowest BCUT2D eigenvalue weighted by Gasteiger charge is -2.18. The van der Waals surface area contributed by atoms with Crippen LogP contribution in [0.3, 0.4) is 0 Å². The highest BCUT2D eigenvalue weighted by Crippen LogP contribution is 2.20. The van der Waals surface area contributed by atoms with Gasteiger partial charge in [0.1, 0.15) is 11.3 Å². The van der Waals surface area contributed by atoms with E-state index in [0.717, 1.165) is 5.56 Å². The maximum atomic E-state index is 13.6. The van der Waals surface area contributed by atoms with Crippen LogP contribution in [-0.2, 0) is 0 Å². The van der Waals surface area contributed by atoms with Crippen molar-refractivity contribution < 1.29 is 14.3 Å². The summed E-state index contributed by atoms with van der Waals surface area (Å²) < 4.78 is 13.6. The summed E-state index contributed by atoms with van der Waals surface area (Å²) >= 11 is 0. The number of aliphatic hydroxyl groups excluding tert-OH is 1. The lowest BCUT2D eigenvalue weighted by Crippen LogP contribution is -2.34. The van der Waals surface area contributed by atoms with Crippen molar-refractivity contribution >= 4 is 16.9 Å². The van der Waals surface area contributed by atoms with Gasteiger partial charge in [0.05, 0.1) is 23.5 Å². The van der Waals surface area contributed by atoms with Gasteiger partial charge in [0.2, 0.25) is 0 Å². The molecule has 0 fully saturated rings. The van der Waals surface area contributed by atoms with Gasteiger partial charge in [-0.15, -0.1) is 0 Å². The first kappa shape index (κ1) is 16.1. The SMILES string of the molecule is C[C@@H](C[C@H](O)c1ccccc1)NC(=O)c1cc(F)cc2[nH]cnc12. The lowest BCUT2D eigenvalue weighted by molar-refractivity contribution is 0.0918. The second-order valence-electron chi connectivity index (χ2n) is 5.79. The molecule has 3 aromatic rings. The van der Waals surface area contributed by atoms with E-state index in [-0.39, 0.29) is 11.6 Å². The summed E-state index contributed by atoms with van der Waals surface area (Å²) in [5.41, 5.74) is 1.85. The van der Waals surface area contributed by atoms with Gasteiger partial charge in [-0.25, -0.2) is 9.37 Å². The van der Waals surface area contributed by atoms with Gasteiger partial charge in [-0.1, -0.05) is 30.3 Å². The molecule has 1 heterocycles. The number of aliphatic hydroxyl groups is 1. The van der Waals surface area contributed by atoms with Crippen LogP contribution in [0.15, 0.2) is 48.8 Å². The molecule has 6 heteroatoms. The third-order valence-electron chi connectivity index (χ3n) is 3.87. The lowest BCUT2D eigenvalue weighted by atomic mass is 10.0. The molecule has 0 bridgehead atoms. The summed E-state index contributed by atoms with van der Waals surface area (Å²) in [6, 6.07) is 11.4. The van der Waals surface area contributed by atoms with Crippen LogP contribution < -0.4 is 5.32 Å². The molecule has 1 amide bonds. The molecule has 5 nitrogen and oxygen atoms in total. The number of fused-ring (bicyclic) bond motifs is 1. The van der Waals surface area contributed by atoms with Crippen LogP contribution >= 0.6 is 0 Å². The molecule has 0 unspecified atom stereocenters. The van der Waals surface area contributed by atoms with E-state index in [1.807, 2.05) is 30.3 Å². The third kappa shape index (κ3) is 3.44. The number of halogens is 1. The molecule has 0 saturated carbocycles. The number of aromatic amines is 1. The Morgan fingerprint density at radius 1 is 1.33 bits per heavy atom. The Kier molecular flexibility index (Phi) is 4.57. The van der Waals surface area contributed by atoms with Crippen LogP contribution in [-0.4, -0.2) is 27.0 Å². The number of nitrogens with zero attached hydrogens (tertiary/aromatic N) is 1. The van der Waals surface area contributed by atoms with Gasteiger partial charge in [-0.3, -0.25) is 4.79 Å². The highest BCUT2D eigenvalue weighted by atomic mass is 19.1. The number of carbonyl (C=O) groups excluding carboxylic acids is 1. The first-order valence-corrected chi connectivity index (χ1v) is 7.71. The Balaban J connectivity index is 1.71. The Bertz CT molecular complexity index is 848. The van der Waals surface area contributed by atoms with E-state index in [4.69, 9.17) is 0 Å². The molecular weight excluding hydrogens is 309 g/mol. The van der Waals surface area contributed by atoms with Crippen LogP contribution in [0, 0.1) is 5.82 Å². The second kappa shape index (κ2) is 6.80. The number of rotatable bonds is 5. The number of nitrogens with one attached hydrogen (secondary N) is 2. The van der Waals surface area contributed by atoms with E-state index in [0.29, 0.717) is 17.5 Å². The summed E-state index contributed by atoms with van der Waals surface area (Å²) in [6.45, 7) is 1.80. The summed E-state index contributed by atoms with van der Waals surface area (Å²) in [6.07, 6.45) is 1.09. The molecule has 124 valence electrons. The molecule has 0 aliphatic rings. The zero-order chi connectivity index (χ0) is 17.1. The average molecular weight is 327 g/mol. The Morgan fingerprint density at radius 3 is 2.83 bits per heavy atom. The fourth-order valence-corrected chi connectivity index (χ4v) is 2.69. The van der Waals surface area contributed by atoms with Crippen molar-refractivity contribution in [1.29, 1.82) is 0 Å². The molecule has 0 saturated heterocycles. The van der Waals surface area contributed by atoms with Crippen molar-refractivity contribution in [3.63, 3.8) is 0 Å². The van der Waals surface area contributed by atoms with Crippen LogP contribution in [0.1, 0.15) is 35.4 Å². The molecular formula is C18H18FN3O2. The van der Waals surface area contributed by atoms with Gasteiger partial charge in [0.15, 0.2) is 0 Å². The minimum absolute atomic E-state index is 0.173. The van der Waals surface area contributed by atoms with Crippen molar-refractivity contribution in [2.75, 3.05) is 0 Å². The minimum atomic E-state index is -0.681. The van der Waals surface area contributed by atoms with Gasteiger partial charge >= 0.3 is 0 Å².